The Hall–Kier alpha value is -1.30. The number of rotatable bonds is 2. The van der Waals surface area contributed by atoms with Crippen LogP contribution in [0.3, 0.4) is 0 Å². The Kier molecular flexibility index (Phi) is 4.29. The zero-order valence-corrected chi connectivity index (χ0v) is 11.6. The lowest BCUT2D eigenvalue weighted by atomic mass is 9.72. The molecule has 1 aliphatic heterocycles. The molecular weight excluding hydrogens is 244 g/mol. The van der Waals surface area contributed by atoms with Crippen LogP contribution in [0.25, 0.3) is 0 Å². The molecule has 0 atom stereocenters. The molecule has 0 unspecified atom stereocenters. The van der Waals surface area contributed by atoms with E-state index in [0.29, 0.717) is 12.8 Å². The number of piperazine rings is 1. The molecule has 1 aliphatic carbocycles. The van der Waals surface area contributed by atoms with Crippen LogP contribution in [-0.4, -0.2) is 60.0 Å². The van der Waals surface area contributed by atoms with Gasteiger partial charge in [0.2, 0.25) is 5.91 Å². The van der Waals surface area contributed by atoms with Crippen molar-refractivity contribution in [3.8, 4) is 0 Å². The predicted octanol–water partition coefficient (Wildman–Crippen LogP) is 0.457. The molecule has 2 rings (SSSR count). The summed E-state index contributed by atoms with van der Waals surface area (Å²) in [4.78, 5) is 16.9. The molecule has 0 radical (unpaired) electrons. The van der Waals surface area contributed by atoms with E-state index in [-0.39, 0.29) is 11.7 Å². The summed E-state index contributed by atoms with van der Waals surface area (Å²) in [6.07, 6.45) is 4.46. The molecule has 108 valence electrons. The smallest absolute Gasteiger partial charge is 0.236 e. The third-order valence-corrected chi connectivity index (χ3v) is 4.51. The first-order chi connectivity index (χ1) is 9.10. The molecule has 1 saturated carbocycles. The molecule has 2 aliphatic rings. The molecule has 0 aromatic rings. The molecule has 0 spiro atoms. The van der Waals surface area contributed by atoms with Crippen molar-refractivity contribution in [2.75, 3.05) is 33.2 Å². The van der Waals surface area contributed by atoms with E-state index in [1.165, 1.54) is 0 Å². The maximum Gasteiger partial charge on any atom is 0.236 e. The van der Waals surface area contributed by atoms with Crippen LogP contribution in [0.5, 0.6) is 0 Å². The van der Waals surface area contributed by atoms with E-state index in [1.54, 1.807) is 0 Å². The average molecular weight is 268 g/mol. The van der Waals surface area contributed by atoms with E-state index in [4.69, 9.17) is 10.9 Å². The van der Waals surface area contributed by atoms with Gasteiger partial charge in [0, 0.05) is 26.2 Å². The van der Waals surface area contributed by atoms with Gasteiger partial charge in [0.1, 0.15) is 5.41 Å². The second-order valence-electron chi connectivity index (χ2n) is 5.72. The van der Waals surface area contributed by atoms with Gasteiger partial charge in [0.05, 0.1) is 0 Å². The van der Waals surface area contributed by atoms with Crippen molar-refractivity contribution in [3.05, 3.63) is 0 Å². The highest BCUT2D eigenvalue weighted by Crippen LogP contribution is 2.38. The summed E-state index contributed by atoms with van der Waals surface area (Å²) in [7, 11) is 2.06. The molecule has 6 nitrogen and oxygen atoms in total. The standard InChI is InChI=1S/C13H24N4O2/c1-16-7-9-17(10-8-16)12(18)13(11(14)15-19)5-3-2-4-6-13/h19H,2-10H2,1H3,(H2,14,15). The fraction of sp³-hybridized carbons (Fsp3) is 0.846. The minimum atomic E-state index is -0.761. The molecular formula is C13H24N4O2. The van der Waals surface area contributed by atoms with E-state index >= 15 is 0 Å². The normalized spacial score (nSPS) is 25.3. The number of oxime groups is 1. The number of hydrogen-bond acceptors (Lipinski definition) is 4. The topological polar surface area (TPSA) is 82.2 Å². The number of amides is 1. The van der Waals surface area contributed by atoms with Crippen molar-refractivity contribution < 1.29 is 10.0 Å². The first-order valence-electron chi connectivity index (χ1n) is 7.06. The lowest BCUT2D eigenvalue weighted by molar-refractivity contribution is -0.141. The predicted molar refractivity (Wildman–Crippen MR) is 73.0 cm³/mol. The van der Waals surface area contributed by atoms with Crippen molar-refractivity contribution in [1.29, 1.82) is 0 Å². The van der Waals surface area contributed by atoms with Gasteiger partial charge in [0.15, 0.2) is 5.84 Å². The lowest BCUT2D eigenvalue weighted by Gasteiger charge is -2.41. The second kappa shape index (κ2) is 5.77. The Morgan fingerprint density at radius 2 is 1.74 bits per heavy atom. The third kappa shape index (κ3) is 2.68. The highest BCUT2D eigenvalue weighted by atomic mass is 16.4. The Morgan fingerprint density at radius 1 is 1.16 bits per heavy atom. The number of likely N-dealkylation sites (N-methyl/N-ethyl adjacent to an activating group) is 1. The minimum Gasteiger partial charge on any atom is -0.409 e. The van der Waals surface area contributed by atoms with Crippen molar-refractivity contribution in [2.45, 2.75) is 32.1 Å². The quantitative estimate of drug-likeness (QED) is 0.330. The Balaban J connectivity index is 2.16. The number of hydrogen-bond donors (Lipinski definition) is 2. The highest BCUT2D eigenvalue weighted by Gasteiger charge is 2.46. The number of nitrogens with two attached hydrogens (primary N) is 1. The van der Waals surface area contributed by atoms with Gasteiger partial charge in [-0.15, -0.1) is 0 Å². The lowest BCUT2D eigenvalue weighted by Crippen LogP contribution is -2.56. The molecule has 1 heterocycles. The SMILES string of the molecule is CN1CCN(C(=O)C2(C(N)=NO)CCCCC2)CC1. The van der Waals surface area contributed by atoms with E-state index < -0.39 is 5.41 Å². The van der Waals surface area contributed by atoms with Crippen LogP contribution in [0, 0.1) is 5.41 Å². The summed E-state index contributed by atoms with van der Waals surface area (Å²) >= 11 is 0. The van der Waals surface area contributed by atoms with Gasteiger partial charge in [-0.2, -0.15) is 0 Å². The summed E-state index contributed by atoms with van der Waals surface area (Å²) < 4.78 is 0. The molecule has 19 heavy (non-hydrogen) atoms. The van der Waals surface area contributed by atoms with E-state index in [1.807, 2.05) is 4.90 Å². The molecule has 1 amide bonds. The van der Waals surface area contributed by atoms with Crippen LogP contribution in [-0.2, 0) is 4.79 Å². The van der Waals surface area contributed by atoms with Gasteiger partial charge in [0.25, 0.3) is 0 Å². The molecule has 0 aromatic carbocycles. The number of carbonyl (C=O) groups excluding carboxylic acids is 1. The fourth-order valence-electron chi connectivity index (χ4n) is 3.14. The van der Waals surface area contributed by atoms with Gasteiger partial charge in [-0.05, 0) is 19.9 Å². The largest absolute Gasteiger partial charge is 0.409 e. The zero-order valence-electron chi connectivity index (χ0n) is 11.6. The minimum absolute atomic E-state index is 0.0515. The van der Waals surface area contributed by atoms with Crippen LogP contribution < -0.4 is 5.73 Å². The highest BCUT2D eigenvalue weighted by molar-refractivity contribution is 6.06. The molecule has 3 N–H and O–H groups in total. The van der Waals surface area contributed by atoms with Crippen LogP contribution >= 0.6 is 0 Å². The van der Waals surface area contributed by atoms with Crippen molar-refractivity contribution >= 4 is 11.7 Å². The van der Waals surface area contributed by atoms with E-state index in [9.17, 15) is 4.79 Å². The molecule has 2 fully saturated rings. The van der Waals surface area contributed by atoms with Crippen molar-refractivity contribution in [3.63, 3.8) is 0 Å². The van der Waals surface area contributed by atoms with Gasteiger partial charge in [-0.1, -0.05) is 24.4 Å². The van der Waals surface area contributed by atoms with Gasteiger partial charge in [-0.3, -0.25) is 4.79 Å². The average Bonchev–Trinajstić information content (AvgIpc) is 2.47. The second-order valence-corrected chi connectivity index (χ2v) is 5.72. The van der Waals surface area contributed by atoms with Crippen LogP contribution in [0.1, 0.15) is 32.1 Å². The maximum atomic E-state index is 12.8. The zero-order chi connectivity index (χ0) is 13.9. The van der Waals surface area contributed by atoms with Gasteiger partial charge < -0.3 is 20.7 Å². The number of nitrogens with zero attached hydrogens (tertiary/aromatic N) is 3. The van der Waals surface area contributed by atoms with E-state index in [2.05, 4.69) is 17.1 Å². The first-order valence-corrected chi connectivity index (χ1v) is 7.06. The van der Waals surface area contributed by atoms with Crippen LogP contribution in [0.4, 0.5) is 0 Å². The Bertz CT molecular complexity index is 356. The number of carbonyl (C=O) groups is 1. The molecule has 1 saturated heterocycles. The van der Waals surface area contributed by atoms with Crippen LogP contribution in [0.2, 0.25) is 0 Å². The Labute approximate surface area is 114 Å². The molecule has 0 aromatic heterocycles. The van der Waals surface area contributed by atoms with Crippen molar-refractivity contribution in [1.82, 2.24) is 9.80 Å². The van der Waals surface area contributed by atoms with Crippen molar-refractivity contribution in [2.24, 2.45) is 16.3 Å². The summed E-state index contributed by atoms with van der Waals surface area (Å²) in [6, 6.07) is 0. The maximum absolute atomic E-state index is 12.8. The fourth-order valence-corrected chi connectivity index (χ4v) is 3.14. The van der Waals surface area contributed by atoms with E-state index in [0.717, 1.165) is 45.4 Å². The summed E-state index contributed by atoms with van der Waals surface area (Å²) in [5, 5.41) is 12.2. The Morgan fingerprint density at radius 3 is 2.26 bits per heavy atom. The summed E-state index contributed by atoms with van der Waals surface area (Å²) in [5.74, 6) is 0.145. The third-order valence-electron chi connectivity index (χ3n) is 4.51. The van der Waals surface area contributed by atoms with Gasteiger partial charge in [-0.25, -0.2) is 0 Å². The summed E-state index contributed by atoms with van der Waals surface area (Å²) in [5.41, 5.74) is 5.10. The first kappa shape index (κ1) is 14.1. The molecule has 0 bridgehead atoms. The van der Waals surface area contributed by atoms with Crippen LogP contribution in [0.15, 0.2) is 5.16 Å². The molecule has 6 heteroatoms. The summed E-state index contributed by atoms with van der Waals surface area (Å²) in [6.45, 7) is 3.24. The van der Waals surface area contributed by atoms with Gasteiger partial charge >= 0.3 is 0 Å². The monoisotopic (exact) mass is 268 g/mol. The number of amidine groups is 1.